The van der Waals surface area contributed by atoms with Gasteiger partial charge < -0.3 is 10.2 Å². The van der Waals surface area contributed by atoms with Gasteiger partial charge in [-0.15, -0.1) is 23.2 Å². The van der Waals surface area contributed by atoms with E-state index in [2.05, 4.69) is 10.2 Å². The fraction of sp³-hybridized carbons (Fsp3) is 0.800. The van der Waals surface area contributed by atoms with Gasteiger partial charge in [-0.2, -0.15) is 10.2 Å². The largest absolute Gasteiger partial charge is 0.480 e. The number of halogens is 2. The van der Waals surface area contributed by atoms with Crippen molar-refractivity contribution in [3.63, 3.8) is 0 Å². The summed E-state index contributed by atoms with van der Waals surface area (Å²) in [6, 6.07) is -2.27. The smallest absolute Gasteiger partial charge is 0.330 e. The molecule has 8 heteroatoms. The van der Waals surface area contributed by atoms with Gasteiger partial charge in [0.2, 0.25) is 0 Å². The van der Waals surface area contributed by atoms with Gasteiger partial charge in [0.1, 0.15) is 0 Å². The molecule has 0 heterocycles. The summed E-state index contributed by atoms with van der Waals surface area (Å²) in [6.07, 6.45) is 0.173. The standard InChI is InChI=1S/C10H16Cl2N2O4/c1-5(11)3-7(9(15)16)13-14-8(10(17)18)4-6(2)12/h5-8H,3-4H2,1-2H3,(H,15,16)(H,17,18)/b14-13+. The third kappa shape index (κ3) is 7.45. The normalized spacial score (nSPS) is 18.2. The van der Waals surface area contributed by atoms with Gasteiger partial charge in [-0.25, -0.2) is 9.59 Å². The molecular formula is C10H16Cl2N2O4. The van der Waals surface area contributed by atoms with Crippen molar-refractivity contribution in [3.8, 4) is 0 Å². The highest BCUT2D eigenvalue weighted by Gasteiger charge is 2.23. The van der Waals surface area contributed by atoms with Crippen LogP contribution >= 0.6 is 23.2 Å². The van der Waals surface area contributed by atoms with Crippen LogP contribution in [0, 0.1) is 0 Å². The maximum Gasteiger partial charge on any atom is 0.330 e. The highest BCUT2D eigenvalue weighted by Crippen LogP contribution is 2.13. The van der Waals surface area contributed by atoms with Gasteiger partial charge in [0, 0.05) is 10.8 Å². The van der Waals surface area contributed by atoms with E-state index in [0.717, 1.165) is 0 Å². The maximum atomic E-state index is 10.9. The first-order valence-electron chi connectivity index (χ1n) is 5.37. The number of carboxylic acid groups (broad SMARTS) is 2. The van der Waals surface area contributed by atoms with Gasteiger partial charge in [0.05, 0.1) is 0 Å². The number of hydrogen-bond donors (Lipinski definition) is 2. The second-order valence-electron chi connectivity index (χ2n) is 3.97. The van der Waals surface area contributed by atoms with Gasteiger partial charge >= 0.3 is 11.9 Å². The van der Waals surface area contributed by atoms with E-state index in [-0.39, 0.29) is 23.6 Å². The molecule has 104 valence electrons. The highest BCUT2D eigenvalue weighted by molar-refractivity contribution is 6.20. The third-order valence-corrected chi connectivity index (χ3v) is 2.37. The molecule has 4 unspecified atom stereocenters. The van der Waals surface area contributed by atoms with Crippen LogP contribution in [0.25, 0.3) is 0 Å². The van der Waals surface area contributed by atoms with Gasteiger partial charge in [-0.1, -0.05) is 0 Å². The Hall–Kier alpha value is -0.880. The van der Waals surface area contributed by atoms with E-state index in [1.54, 1.807) is 13.8 Å². The Balaban J connectivity index is 4.70. The lowest BCUT2D eigenvalue weighted by Crippen LogP contribution is -2.24. The third-order valence-electron chi connectivity index (χ3n) is 2.01. The Bertz CT molecular complexity index is 291. The predicted molar refractivity (Wildman–Crippen MR) is 67.6 cm³/mol. The lowest BCUT2D eigenvalue weighted by molar-refractivity contribution is -0.140. The second kappa shape index (κ2) is 8.26. The SMILES string of the molecule is CC(Cl)CC(/N=N/C(CC(C)Cl)C(=O)O)C(=O)O. The van der Waals surface area contributed by atoms with Crippen molar-refractivity contribution in [2.24, 2.45) is 10.2 Å². The molecule has 18 heavy (non-hydrogen) atoms. The Morgan fingerprint density at radius 2 is 1.22 bits per heavy atom. The zero-order valence-electron chi connectivity index (χ0n) is 10.1. The predicted octanol–water partition coefficient (Wildman–Crippen LogP) is 2.38. The summed E-state index contributed by atoms with van der Waals surface area (Å²) in [5.74, 6) is -2.37. The van der Waals surface area contributed by atoms with E-state index >= 15 is 0 Å². The molecule has 0 rings (SSSR count). The van der Waals surface area contributed by atoms with E-state index in [1.165, 1.54) is 0 Å². The Labute approximate surface area is 115 Å². The molecule has 0 spiro atoms. The first-order valence-corrected chi connectivity index (χ1v) is 6.25. The highest BCUT2D eigenvalue weighted by atomic mass is 35.5. The van der Waals surface area contributed by atoms with Crippen LogP contribution in [0.1, 0.15) is 26.7 Å². The zero-order chi connectivity index (χ0) is 14.3. The first-order chi connectivity index (χ1) is 8.23. The molecule has 0 aliphatic heterocycles. The number of carboxylic acids is 2. The van der Waals surface area contributed by atoms with Crippen molar-refractivity contribution < 1.29 is 19.8 Å². The molecule has 2 N–H and O–H groups in total. The van der Waals surface area contributed by atoms with Crippen LogP contribution in [0.5, 0.6) is 0 Å². The van der Waals surface area contributed by atoms with Crippen molar-refractivity contribution >= 4 is 35.1 Å². The minimum absolute atomic E-state index is 0.0865. The molecular weight excluding hydrogens is 283 g/mol. The molecule has 0 aromatic carbocycles. The lowest BCUT2D eigenvalue weighted by Gasteiger charge is -2.10. The van der Waals surface area contributed by atoms with Crippen LogP contribution in [0.2, 0.25) is 0 Å². The lowest BCUT2D eigenvalue weighted by atomic mass is 10.1. The second-order valence-corrected chi connectivity index (χ2v) is 5.46. The number of azo groups is 1. The summed E-state index contributed by atoms with van der Waals surface area (Å²) in [5.41, 5.74) is 0. The van der Waals surface area contributed by atoms with Crippen molar-refractivity contribution in [2.75, 3.05) is 0 Å². The summed E-state index contributed by atoms with van der Waals surface area (Å²) >= 11 is 11.4. The van der Waals surface area contributed by atoms with Gasteiger partial charge in [-0.3, -0.25) is 0 Å². The molecule has 0 aromatic heterocycles. The Morgan fingerprint density at radius 1 is 0.944 bits per heavy atom. The molecule has 0 saturated carbocycles. The molecule has 0 saturated heterocycles. The molecule has 6 nitrogen and oxygen atoms in total. The van der Waals surface area contributed by atoms with E-state index in [4.69, 9.17) is 33.4 Å². The number of carbonyl (C=O) groups is 2. The number of rotatable bonds is 8. The maximum absolute atomic E-state index is 10.9. The number of hydrogen-bond acceptors (Lipinski definition) is 4. The Kier molecular flexibility index (Phi) is 7.86. The van der Waals surface area contributed by atoms with Gasteiger partial charge in [-0.05, 0) is 26.7 Å². The first kappa shape index (κ1) is 17.1. The van der Waals surface area contributed by atoms with E-state index in [0.29, 0.717) is 0 Å². The van der Waals surface area contributed by atoms with Gasteiger partial charge in [0.15, 0.2) is 12.1 Å². The monoisotopic (exact) mass is 298 g/mol. The summed E-state index contributed by atoms with van der Waals surface area (Å²) in [6.45, 7) is 3.26. The average Bonchev–Trinajstić information content (AvgIpc) is 2.20. The topological polar surface area (TPSA) is 99.3 Å². The van der Waals surface area contributed by atoms with Crippen molar-refractivity contribution in [1.29, 1.82) is 0 Å². The van der Waals surface area contributed by atoms with Crippen LogP contribution < -0.4 is 0 Å². The molecule has 0 bridgehead atoms. The van der Waals surface area contributed by atoms with Crippen LogP contribution in [-0.4, -0.2) is 45.0 Å². The molecule has 0 fully saturated rings. The van der Waals surface area contributed by atoms with E-state index in [1.807, 2.05) is 0 Å². The summed E-state index contributed by atoms with van der Waals surface area (Å²) < 4.78 is 0. The number of aliphatic carboxylic acids is 2. The van der Waals surface area contributed by atoms with Crippen LogP contribution in [0.15, 0.2) is 10.2 Å². The van der Waals surface area contributed by atoms with Crippen molar-refractivity contribution in [1.82, 2.24) is 0 Å². The zero-order valence-corrected chi connectivity index (χ0v) is 11.6. The minimum atomic E-state index is -1.19. The van der Waals surface area contributed by atoms with Crippen molar-refractivity contribution in [3.05, 3.63) is 0 Å². The summed E-state index contributed by atoms with van der Waals surface area (Å²) in [5, 5.41) is 24.0. The van der Waals surface area contributed by atoms with Crippen LogP contribution in [-0.2, 0) is 9.59 Å². The quantitative estimate of drug-likeness (QED) is 0.531. The van der Waals surface area contributed by atoms with Gasteiger partial charge in [0.25, 0.3) is 0 Å². The molecule has 0 aliphatic rings. The summed E-state index contributed by atoms with van der Waals surface area (Å²) in [4.78, 5) is 21.7. The van der Waals surface area contributed by atoms with Crippen molar-refractivity contribution in [2.45, 2.75) is 49.5 Å². The fourth-order valence-electron chi connectivity index (χ4n) is 1.17. The molecule has 0 radical (unpaired) electrons. The molecule has 4 atom stereocenters. The van der Waals surface area contributed by atoms with Crippen LogP contribution in [0.4, 0.5) is 0 Å². The Morgan fingerprint density at radius 3 is 1.39 bits per heavy atom. The van der Waals surface area contributed by atoms with Crippen LogP contribution in [0.3, 0.4) is 0 Å². The van der Waals surface area contributed by atoms with E-state index in [9.17, 15) is 9.59 Å². The minimum Gasteiger partial charge on any atom is -0.480 e. The van der Waals surface area contributed by atoms with E-state index < -0.39 is 24.0 Å². The summed E-state index contributed by atoms with van der Waals surface area (Å²) in [7, 11) is 0. The number of alkyl halides is 2. The fourth-order valence-corrected chi connectivity index (χ4v) is 1.51. The molecule has 0 aromatic rings. The molecule has 0 amide bonds. The average molecular weight is 299 g/mol. The molecule has 0 aliphatic carbocycles. The number of nitrogens with zero attached hydrogens (tertiary/aromatic N) is 2.